The van der Waals surface area contributed by atoms with E-state index in [2.05, 4.69) is 27.0 Å². The molecular weight excluding hydrogens is 304 g/mol. The standard InChI is InChI=1S/C18H28N4O2/c1-13(2)24-10-6-9-20-18(19-3)21-12-14-11-17(23)22-16-8-5-4-7-15(14)16/h4-5,7-8,13-14H,6,9-12H2,1-3H3,(H,22,23)(H2,19,20,21). The highest BCUT2D eigenvalue weighted by molar-refractivity contribution is 5.94. The molecule has 1 heterocycles. The Morgan fingerprint density at radius 3 is 2.92 bits per heavy atom. The fourth-order valence-corrected chi connectivity index (χ4v) is 2.72. The van der Waals surface area contributed by atoms with Crippen LogP contribution in [-0.2, 0) is 9.53 Å². The molecule has 132 valence electrons. The van der Waals surface area contributed by atoms with Gasteiger partial charge in [0.2, 0.25) is 5.91 Å². The Morgan fingerprint density at radius 2 is 2.17 bits per heavy atom. The van der Waals surface area contributed by atoms with Gasteiger partial charge in [-0.2, -0.15) is 0 Å². The van der Waals surface area contributed by atoms with Crippen molar-refractivity contribution in [1.29, 1.82) is 0 Å². The molecule has 0 aromatic heterocycles. The largest absolute Gasteiger partial charge is 0.379 e. The van der Waals surface area contributed by atoms with Crippen molar-refractivity contribution < 1.29 is 9.53 Å². The van der Waals surface area contributed by atoms with Crippen LogP contribution in [-0.4, -0.2) is 44.7 Å². The van der Waals surface area contributed by atoms with Gasteiger partial charge in [0.1, 0.15) is 0 Å². The van der Waals surface area contributed by atoms with Gasteiger partial charge in [-0.1, -0.05) is 18.2 Å². The van der Waals surface area contributed by atoms with E-state index in [1.165, 1.54) is 5.56 Å². The number of hydrogen-bond acceptors (Lipinski definition) is 3. The molecule has 1 atom stereocenters. The first-order valence-corrected chi connectivity index (χ1v) is 8.55. The predicted molar refractivity (Wildman–Crippen MR) is 97.5 cm³/mol. The van der Waals surface area contributed by atoms with E-state index in [1.807, 2.05) is 32.0 Å². The van der Waals surface area contributed by atoms with Gasteiger partial charge in [0.15, 0.2) is 5.96 Å². The molecule has 0 bridgehead atoms. The molecule has 1 aromatic rings. The number of amides is 1. The Labute approximate surface area is 144 Å². The maximum Gasteiger partial charge on any atom is 0.225 e. The van der Waals surface area contributed by atoms with Crippen LogP contribution >= 0.6 is 0 Å². The number of ether oxygens (including phenoxy) is 1. The third kappa shape index (κ3) is 5.53. The molecule has 6 nitrogen and oxygen atoms in total. The summed E-state index contributed by atoms with van der Waals surface area (Å²) in [6.45, 7) is 6.27. The van der Waals surface area contributed by atoms with Crippen LogP contribution in [0.2, 0.25) is 0 Å². The Hall–Kier alpha value is -2.08. The molecule has 0 aliphatic carbocycles. The summed E-state index contributed by atoms with van der Waals surface area (Å²) in [7, 11) is 1.75. The smallest absolute Gasteiger partial charge is 0.225 e. The maximum atomic E-state index is 11.9. The van der Waals surface area contributed by atoms with Crippen molar-refractivity contribution in [2.24, 2.45) is 4.99 Å². The van der Waals surface area contributed by atoms with Gasteiger partial charge in [0, 0.05) is 44.8 Å². The molecule has 1 amide bonds. The van der Waals surface area contributed by atoms with Crippen molar-refractivity contribution >= 4 is 17.6 Å². The zero-order valence-electron chi connectivity index (χ0n) is 14.8. The number of nitrogens with zero attached hydrogens (tertiary/aromatic N) is 1. The number of aliphatic imine (C=N–C) groups is 1. The minimum Gasteiger partial charge on any atom is -0.379 e. The lowest BCUT2D eigenvalue weighted by Gasteiger charge is -2.26. The fraction of sp³-hybridized carbons (Fsp3) is 0.556. The first-order valence-electron chi connectivity index (χ1n) is 8.55. The van der Waals surface area contributed by atoms with Crippen LogP contribution in [0, 0.1) is 0 Å². The lowest BCUT2D eigenvalue weighted by Crippen LogP contribution is -2.41. The van der Waals surface area contributed by atoms with Gasteiger partial charge in [-0.25, -0.2) is 0 Å². The molecule has 2 rings (SSSR count). The number of para-hydroxylation sites is 1. The van der Waals surface area contributed by atoms with E-state index >= 15 is 0 Å². The van der Waals surface area contributed by atoms with Gasteiger partial charge in [-0.15, -0.1) is 0 Å². The van der Waals surface area contributed by atoms with Crippen LogP contribution in [0.25, 0.3) is 0 Å². The second kappa shape index (κ2) is 9.27. The molecule has 1 unspecified atom stereocenters. The average Bonchev–Trinajstić information content (AvgIpc) is 2.56. The summed E-state index contributed by atoms with van der Waals surface area (Å²) in [4.78, 5) is 16.1. The van der Waals surface area contributed by atoms with Crippen LogP contribution in [0.4, 0.5) is 5.69 Å². The van der Waals surface area contributed by atoms with E-state index in [-0.39, 0.29) is 17.9 Å². The third-order valence-electron chi connectivity index (χ3n) is 3.91. The van der Waals surface area contributed by atoms with E-state index in [1.54, 1.807) is 7.05 Å². The lowest BCUT2D eigenvalue weighted by atomic mass is 9.90. The Morgan fingerprint density at radius 1 is 1.38 bits per heavy atom. The maximum absolute atomic E-state index is 11.9. The number of nitrogens with one attached hydrogen (secondary N) is 3. The zero-order valence-corrected chi connectivity index (χ0v) is 14.8. The number of carbonyl (C=O) groups excluding carboxylic acids is 1. The molecule has 6 heteroatoms. The van der Waals surface area contributed by atoms with Crippen LogP contribution in [0.15, 0.2) is 29.3 Å². The minimum atomic E-state index is 0.0641. The van der Waals surface area contributed by atoms with E-state index in [0.717, 1.165) is 31.2 Å². The first kappa shape index (κ1) is 18.3. The number of guanidine groups is 1. The van der Waals surface area contributed by atoms with E-state index in [0.29, 0.717) is 13.0 Å². The highest BCUT2D eigenvalue weighted by atomic mass is 16.5. The highest BCUT2D eigenvalue weighted by Crippen LogP contribution is 2.31. The molecule has 0 saturated heterocycles. The van der Waals surface area contributed by atoms with Crippen molar-refractivity contribution in [2.75, 3.05) is 32.1 Å². The number of carbonyl (C=O) groups is 1. The van der Waals surface area contributed by atoms with Crippen molar-refractivity contribution in [3.05, 3.63) is 29.8 Å². The molecular formula is C18H28N4O2. The van der Waals surface area contributed by atoms with Crippen molar-refractivity contribution in [1.82, 2.24) is 10.6 Å². The molecule has 0 radical (unpaired) electrons. The monoisotopic (exact) mass is 332 g/mol. The summed E-state index contributed by atoms with van der Waals surface area (Å²) >= 11 is 0. The van der Waals surface area contributed by atoms with Crippen LogP contribution in [0.1, 0.15) is 38.2 Å². The topological polar surface area (TPSA) is 74.8 Å². The summed E-state index contributed by atoms with van der Waals surface area (Å²) in [5, 5.41) is 9.52. The lowest BCUT2D eigenvalue weighted by molar-refractivity contribution is -0.116. The predicted octanol–water partition coefficient (Wildman–Crippen LogP) is 2.09. The SMILES string of the molecule is CN=C(NCCCOC(C)C)NCC1CC(=O)Nc2ccccc21. The first-order chi connectivity index (χ1) is 11.6. The van der Waals surface area contributed by atoms with Gasteiger partial charge < -0.3 is 20.7 Å². The summed E-state index contributed by atoms with van der Waals surface area (Å²) < 4.78 is 5.52. The Kier molecular flexibility index (Phi) is 7.06. The molecule has 1 aliphatic rings. The summed E-state index contributed by atoms with van der Waals surface area (Å²) in [5.41, 5.74) is 2.08. The molecule has 0 fully saturated rings. The van der Waals surface area contributed by atoms with Gasteiger partial charge in [0.25, 0.3) is 0 Å². The average molecular weight is 332 g/mol. The minimum absolute atomic E-state index is 0.0641. The number of anilines is 1. The molecule has 1 aromatic carbocycles. The van der Waals surface area contributed by atoms with Crippen LogP contribution < -0.4 is 16.0 Å². The summed E-state index contributed by atoms with van der Waals surface area (Å²) in [6, 6.07) is 7.96. The second-order valence-corrected chi connectivity index (χ2v) is 6.19. The molecule has 0 saturated carbocycles. The van der Waals surface area contributed by atoms with Crippen molar-refractivity contribution in [2.45, 2.75) is 38.7 Å². The number of benzene rings is 1. The van der Waals surface area contributed by atoms with Gasteiger partial charge in [-0.3, -0.25) is 9.79 Å². The Balaban J connectivity index is 1.80. The Bertz CT molecular complexity index is 572. The third-order valence-corrected chi connectivity index (χ3v) is 3.91. The molecule has 1 aliphatic heterocycles. The van der Waals surface area contributed by atoms with Gasteiger partial charge in [0.05, 0.1) is 6.10 Å². The van der Waals surface area contributed by atoms with E-state index < -0.39 is 0 Å². The van der Waals surface area contributed by atoms with Crippen LogP contribution in [0.5, 0.6) is 0 Å². The summed E-state index contributed by atoms with van der Waals surface area (Å²) in [6.07, 6.45) is 1.68. The van der Waals surface area contributed by atoms with Gasteiger partial charge >= 0.3 is 0 Å². The quantitative estimate of drug-likeness (QED) is 0.406. The molecule has 0 spiro atoms. The van der Waals surface area contributed by atoms with E-state index in [9.17, 15) is 4.79 Å². The second-order valence-electron chi connectivity index (χ2n) is 6.19. The van der Waals surface area contributed by atoms with Gasteiger partial charge in [-0.05, 0) is 31.9 Å². The number of hydrogen-bond donors (Lipinski definition) is 3. The van der Waals surface area contributed by atoms with Crippen molar-refractivity contribution in [3.8, 4) is 0 Å². The molecule has 24 heavy (non-hydrogen) atoms. The van der Waals surface area contributed by atoms with Crippen molar-refractivity contribution in [3.63, 3.8) is 0 Å². The summed E-state index contributed by atoms with van der Waals surface area (Å²) in [5.74, 6) is 0.968. The van der Waals surface area contributed by atoms with E-state index in [4.69, 9.17) is 4.74 Å². The number of fused-ring (bicyclic) bond motifs is 1. The zero-order chi connectivity index (χ0) is 17.4. The highest BCUT2D eigenvalue weighted by Gasteiger charge is 2.24. The number of rotatable bonds is 7. The molecule has 3 N–H and O–H groups in total. The fourth-order valence-electron chi connectivity index (χ4n) is 2.72. The normalized spacial score (nSPS) is 17.4. The van der Waals surface area contributed by atoms with Crippen LogP contribution in [0.3, 0.4) is 0 Å².